The molecule has 6 heteroatoms. The minimum absolute atomic E-state index is 0.138. The second-order valence-electron chi connectivity index (χ2n) is 3.11. The van der Waals surface area contributed by atoms with Crippen LogP contribution in [0.3, 0.4) is 0 Å². The Bertz CT molecular complexity index is 435. The number of aliphatic hydroxyl groups excluding tert-OH is 1. The van der Waals surface area contributed by atoms with Crippen molar-refractivity contribution in [1.29, 1.82) is 0 Å². The van der Waals surface area contributed by atoms with Gasteiger partial charge in [0, 0.05) is 6.42 Å². The van der Waals surface area contributed by atoms with Crippen molar-refractivity contribution in [3.05, 3.63) is 30.0 Å². The lowest BCUT2D eigenvalue weighted by molar-refractivity contribution is 0.264. The molecule has 0 amide bonds. The maximum atomic E-state index is 8.96. The van der Waals surface area contributed by atoms with Crippen molar-refractivity contribution in [2.24, 2.45) is 0 Å². The summed E-state index contributed by atoms with van der Waals surface area (Å²) in [6.07, 6.45) is 4.07. The van der Waals surface area contributed by atoms with Crippen molar-refractivity contribution in [1.82, 2.24) is 19.7 Å². The zero-order valence-electron chi connectivity index (χ0n) is 8.42. The van der Waals surface area contributed by atoms with Gasteiger partial charge in [-0.15, -0.1) is 10.2 Å². The molecule has 0 saturated carbocycles. The third-order valence-corrected chi connectivity index (χ3v) is 2.09. The van der Waals surface area contributed by atoms with Crippen LogP contribution in [0.2, 0.25) is 0 Å². The second-order valence-corrected chi connectivity index (χ2v) is 3.11. The van der Waals surface area contributed by atoms with Crippen LogP contribution in [0.15, 0.2) is 16.9 Å². The number of hydrogen-bond acceptors (Lipinski definition) is 5. The first-order valence-corrected chi connectivity index (χ1v) is 4.74. The zero-order valence-corrected chi connectivity index (χ0v) is 8.42. The fourth-order valence-electron chi connectivity index (χ4n) is 1.26. The van der Waals surface area contributed by atoms with E-state index in [1.54, 1.807) is 17.1 Å². The highest BCUT2D eigenvalue weighted by Gasteiger charge is 2.07. The molecule has 2 aromatic heterocycles. The number of oxazole rings is 1. The van der Waals surface area contributed by atoms with Crippen molar-refractivity contribution >= 4 is 0 Å². The summed E-state index contributed by atoms with van der Waals surface area (Å²) in [5.41, 5.74) is 0. The minimum atomic E-state index is -0.138. The summed E-state index contributed by atoms with van der Waals surface area (Å²) < 4.78 is 7.14. The van der Waals surface area contributed by atoms with Gasteiger partial charge in [-0.2, -0.15) is 0 Å². The molecule has 2 rings (SSSR count). The Morgan fingerprint density at radius 2 is 2.40 bits per heavy atom. The lowest BCUT2D eigenvalue weighted by atomic mass is 10.4. The van der Waals surface area contributed by atoms with E-state index in [0.29, 0.717) is 18.3 Å². The Morgan fingerprint density at radius 3 is 3.07 bits per heavy atom. The summed E-state index contributed by atoms with van der Waals surface area (Å²) in [6, 6.07) is 0. The molecule has 0 spiro atoms. The minimum Gasteiger partial charge on any atom is -0.444 e. The van der Waals surface area contributed by atoms with Gasteiger partial charge in [0.15, 0.2) is 5.82 Å². The van der Waals surface area contributed by atoms with Gasteiger partial charge in [-0.1, -0.05) is 6.92 Å². The predicted molar refractivity (Wildman–Crippen MR) is 50.9 cm³/mol. The molecular weight excluding hydrogens is 196 g/mol. The Kier molecular flexibility index (Phi) is 2.77. The highest BCUT2D eigenvalue weighted by Crippen LogP contribution is 2.07. The van der Waals surface area contributed by atoms with E-state index >= 15 is 0 Å². The summed E-state index contributed by atoms with van der Waals surface area (Å²) in [6.45, 7) is 2.31. The molecule has 2 aromatic rings. The Hall–Kier alpha value is -1.69. The first-order chi connectivity index (χ1) is 7.33. The van der Waals surface area contributed by atoms with Crippen LogP contribution in [0.5, 0.6) is 0 Å². The molecule has 2 heterocycles. The van der Waals surface area contributed by atoms with E-state index in [4.69, 9.17) is 9.52 Å². The molecule has 0 unspecified atom stereocenters. The summed E-state index contributed by atoms with van der Waals surface area (Å²) in [7, 11) is 0. The predicted octanol–water partition coefficient (Wildman–Crippen LogP) is 0.369. The van der Waals surface area contributed by atoms with E-state index in [1.165, 1.54) is 0 Å². The molecule has 0 radical (unpaired) electrons. The van der Waals surface area contributed by atoms with Gasteiger partial charge < -0.3 is 14.1 Å². The second kappa shape index (κ2) is 4.22. The van der Waals surface area contributed by atoms with Crippen LogP contribution in [-0.4, -0.2) is 24.9 Å². The van der Waals surface area contributed by atoms with Gasteiger partial charge in [0.05, 0.1) is 6.20 Å². The fourth-order valence-corrected chi connectivity index (χ4v) is 1.26. The molecule has 0 bridgehead atoms. The van der Waals surface area contributed by atoms with Gasteiger partial charge in [0.1, 0.15) is 25.2 Å². The highest BCUT2D eigenvalue weighted by molar-refractivity contribution is 4.95. The van der Waals surface area contributed by atoms with E-state index in [0.717, 1.165) is 12.2 Å². The lowest BCUT2D eigenvalue weighted by Crippen LogP contribution is -2.04. The smallest absolute Gasteiger partial charge is 0.214 e. The third-order valence-electron chi connectivity index (χ3n) is 2.09. The van der Waals surface area contributed by atoms with Crippen LogP contribution in [0, 0.1) is 0 Å². The lowest BCUT2D eigenvalue weighted by Gasteiger charge is -2.00. The monoisotopic (exact) mass is 208 g/mol. The summed E-state index contributed by atoms with van der Waals surface area (Å²) in [5.74, 6) is 1.95. The molecule has 0 saturated heterocycles. The number of nitrogens with zero attached hydrogens (tertiary/aromatic N) is 4. The van der Waals surface area contributed by atoms with Gasteiger partial charge in [-0.25, -0.2) is 4.98 Å². The van der Waals surface area contributed by atoms with Crippen LogP contribution >= 0.6 is 0 Å². The molecule has 0 atom stereocenters. The van der Waals surface area contributed by atoms with E-state index in [2.05, 4.69) is 15.2 Å². The van der Waals surface area contributed by atoms with Crippen molar-refractivity contribution in [2.75, 3.05) is 0 Å². The van der Waals surface area contributed by atoms with Crippen LogP contribution < -0.4 is 0 Å². The Balaban J connectivity index is 2.14. The van der Waals surface area contributed by atoms with E-state index < -0.39 is 0 Å². The van der Waals surface area contributed by atoms with E-state index in [9.17, 15) is 0 Å². The Labute approximate surface area is 86.6 Å². The first kappa shape index (κ1) is 9.85. The van der Waals surface area contributed by atoms with Gasteiger partial charge in [-0.3, -0.25) is 0 Å². The average Bonchev–Trinajstić information content (AvgIpc) is 2.87. The summed E-state index contributed by atoms with van der Waals surface area (Å²) >= 11 is 0. The summed E-state index contributed by atoms with van der Waals surface area (Å²) in [5, 5.41) is 16.4. The fraction of sp³-hybridized carbons (Fsp3) is 0.444. The van der Waals surface area contributed by atoms with Gasteiger partial charge in [0.25, 0.3) is 0 Å². The van der Waals surface area contributed by atoms with Crippen LogP contribution in [0.25, 0.3) is 0 Å². The van der Waals surface area contributed by atoms with Crippen LogP contribution in [-0.2, 0) is 19.6 Å². The molecule has 15 heavy (non-hydrogen) atoms. The van der Waals surface area contributed by atoms with Crippen molar-refractivity contribution in [3.63, 3.8) is 0 Å². The van der Waals surface area contributed by atoms with Crippen molar-refractivity contribution in [3.8, 4) is 0 Å². The maximum absolute atomic E-state index is 8.96. The van der Waals surface area contributed by atoms with Crippen molar-refractivity contribution < 1.29 is 9.52 Å². The third kappa shape index (κ3) is 2.04. The number of aryl methyl sites for hydroxylation is 1. The van der Waals surface area contributed by atoms with Gasteiger partial charge in [-0.05, 0) is 0 Å². The van der Waals surface area contributed by atoms with Gasteiger partial charge in [0.2, 0.25) is 5.89 Å². The normalized spacial score (nSPS) is 10.8. The molecule has 0 aliphatic rings. The number of aliphatic hydroxyl groups is 1. The SMILES string of the molecule is CCc1cnc(Cn2cnnc2CO)o1. The molecular formula is C9H12N4O2. The topological polar surface area (TPSA) is 77.0 Å². The standard InChI is InChI=1S/C9H12N4O2/c1-2-7-3-10-9(15-7)4-13-6-11-12-8(13)5-14/h3,6,14H,2,4-5H2,1H3. The Morgan fingerprint density at radius 1 is 1.53 bits per heavy atom. The number of hydrogen-bond donors (Lipinski definition) is 1. The maximum Gasteiger partial charge on any atom is 0.214 e. The van der Waals surface area contributed by atoms with Crippen LogP contribution in [0.1, 0.15) is 24.4 Å². The van der Waals surface area contributed by atoms with Gasteiger partial charge >= 0.3 is 0 Å². The van der Waals surface area contributed by atoms with E-state index in [-0.39, 0.29) is 6.61 Å². The molecule has 0 fully saturated rings. The molecule has 80 valence electrons. The molecule has 0 aliphatic heterocycles. The van der Waals surface area contributed by atoms with E-state index in [1.807, 2.05) is 6.92 Å². The number of aromatic nitrogens is 4. The molecule has 6 nitrogen and oxygen atoms in total. The van der Waals surface area contributed by atoms with Crippen LogP contribution in [0.4, 0.5) is 0 Å². The first-order valence-electron chi connectivity index (χ1n) is 4.74. The highest BCUT2D eigenvalue weighted by atomic mass is 16.4. The number of rotatable bonds is 4. The zero-order chi connectivity index (χ0) is 10.7. The van der Waals surface area contributed by atoms with Crippen molar-refractivity contribution in [2.45, 2.75) is 26.5 Å². The molecule has 0 aliphatic carbocycles. The quantitative estimate of drug-likeness (QED) is 0.785. The average molecular weight is 208 g/mol. The summed E-state index contributed by atoms with van der Waals surface area (Å²) in [4.78, 5) is 4.11. The molecule has 1 N–H and O–H groups in total. The largest absolute Gasteiger partial charge is 0.444 e. The molecule has 0 aromatic carbocycles.